The Labute approximate surface area is 112 Å². The number of hydrogen-bond donors (Lipinski definition) is 2. The summed E-state index contributed by atoms with van der Waals surface area (Å²) in [6, 6.07) is 4.47. The summed E-state index contributed by atoms with van der Waals surface area (Å²) in [4.78, 5) is 11.4. The van der Waals surface area contributed by atoms with E-state index in [4.69, 9.17) is 5.11 Å². The van der Waals surface area contributed by atoms with Gasteiger partial charge in [-0.05, 0) is 30.4 Å². The Balaban J connectivity index is 2.40. The number of benzene rings is 1. The molecule has 0 aliphatic carbocycles. The Morgan fingerprint density at radius 3 is 2.94 bits per heavy atom. The first-order chi connectivity index (χ1) is 8.13. The highest BCUT2D eigenvalue weighted by molar-refractivity contribution is 9.10. The molecule has 1 aromatic rings. The van der Waals surface area contributed by atoms with Crippen molar-refractivity contribution in [2.75, 3.05) is 23.4 Å². The summed E-state index contributed by atoms with van der Waals surface area (Å²) in [6.07, 6.45) is 0.657. The molecule has 0 saturated carbocycles. The van der Waals surface area contributed by atoms with Crippen molar-refractivity contribution in [1.29, 1.82) is 0 Å². The van der Waals surface area contributed by atoms with Crippen LogP contribution in [0, 0.1) is 5.82 Å². The molecule has 2 N–H and O–H groups in total. The summed E-state index contributed by atoms with van der Waals surface area (Å²) < 4.78 is 14.0. The van der Waals surface area contributed by atoms with Crippen LogP contribution in [0.1, 0.15) is 6.42 Å². The maximum Gasteiger partial charge on any atom is 0.234 e. The number of anilines is 1. The zero-order chi connectivity index (χ0) is 12.7. The maximum atomic E-state index is 13.4. The van der Waals surface area contributed by atoms with E-state index >= 15 is 0 Å². The van der Waals surface area contributed by atoms with E-state index in [2.05, 4.69) is 21.2 Å². The van der Waals surface area contributed by atoms with Gasteiger partial charge in [-0.15, -0.1) is 0 Å². The van der Waals surface area contributed by atoms with Crippen LogP contribution in [0.5, 0.6) is 0 Å². The van der Waals surface area contributed by atoms with Crippen molar-refractivity contribution in [2.45, 2.75) is 6.42 Å². The van der Waals surface area contributed by atoms with Gasteiger partial charge in [0, 0.05) is 11.1 Å². The van der Waals surface area contributed by atoms with Gasteiger partial charge in [0.25, 0.3) is 0 Å². The van der Waals surface area contributed by atoms with Gasteiger partial charge in [0.05, 0.1) is 11.4 Å². The summed E-state index contributed by atoms with van der Waals surface area (Å²) in [6.45, 7) is 0.121. The van der Waals surface area contributed by atoms with Crippen LogP contribution >= 0.6 is 27.7 Å². The van der Waals surface area contributed by atoms with Crippen molar-refractivity contribution in [3.63, 3.8) is 0 Å². The zero-order valence-electron chi connectivity index (χ0n) is 9.08. The molecule has 3 nitrogen and oxygen atoms in total. The quantitative estimate of drug-likeness (QED) is 0.792. The average molecular weight is 322 g/mol. The van der Waals surface area contributed by atoms with E-state index in [0.717, 1.165) is 0 Å². The predicted molar refractivity (Wildman–Crippen MR) is 71.8 cm³/mol. The summed E-state index contributed by atoms with van der Waals surface area (Å²) in [5.74, 6) is 0.268. The van der Waals surface area contributed by atoms with Crippen molar-refractivity contribution in [3.8, 4) is 0 Å². The van der Waals surface area contributed by atoms with E-state index in [1.54, 1.807) is 6.07 Å². The summed E-state index contributed by atoms with van der Waals surface area (Å²) in [5.41, 5.74) is 0.181. The molecule has 0 radical (unpaired) electrons. The number of aliphatic hydroxyl groups excluding tert-OH is 1. The van der Waals surface area contributed by atoms with Gasteiger partial charge in [-0.3, -0.25) is 4.79 Å². The van der Waals surface area contributed by atoms with E-state index in [9.17, 15) is 9.18 Å². The predicted octanol–water partition coefficient (Wildman–Crippen LogP) is 2.64. The molecular weight excluding hydrogens is 309 g/mol. The van der Waals surface area contributed by atoms with Crippen molar-refractivity contribution < 1.29 is 14.3 Å². The Hall–Kier alpha value is -0.590. The molecule has 0 spiro atoms. The maximum absolute atomic E-state index is 13.4. The first-order valence-electron chi connectivity index (χ1n) is 5.07. The van der Waals surface area contributed by atoms with Crippen LogP contribution < -0.4 is 5.32 Å². The van der Waals surface area contributed by atoms with Gasteiger partial charge in [-0.1, -0.05) is 15.9 Å². The third-order valence-electron chi connectivity index (χ3n) is 1.89. The lowest BCUT2D eigenvalue weighted by Gasteiger charge is -2.06. The first-order valence-corrected chi connectivity index (χ1v) is 7.01. The second-order valence-electron chi connectivity index (χ2n) is 3.30. The minimum atomic E-state index is -0.465. The zero-order valence-corrected chi connectivity index (χ0v) is 11.5. The van der Waals surface area contributed by atoms with Crippen LogP contribution in [0.3, 0.4) is 0 Å². The molecule has 1 amide bonds. The fourth-order valence-corrected chi connectivity index (χ4v) is 2.18. The molecule has 0 bridgehead atoms. The standard InChI is InChI=1S/C11H13BrFNO2S/c12-8-2-3-10(9(13)6-8)14-11(16)7-17-5-1-4-15/h2-3,6,15H,1,4-5,7H2,(H,14,16). The number of amides is 1. The topological polar surface area (TPSA) is 49.3 Å². The third kappa shape index (κ3) is 5.52. The summed E-state index contributed by atoms with van der Waals surface area (Å²) in [7, 11) is 0. The van der Waals surface area contributed by atoms with E-state index in [0.29, 0.717) is 16.6 Å². The van der Waals surface area contributed by atoms with E-state index in [1.807, 2.05) is 0 Å². The largest absolute Gasteiger partial charge is 0.396 e. The molecule has 0 aliphatic heterocycles. The number of nitrogens with one attached hydrogen (secondary N) is 1. The Bertz CT molecular complexity index is 390. The van der Waals surface area contributed by atoms with Crippen molar-refractivity contribution in [2.24, 2.45) is 0 Å². The number of hydrogen-bond acceptors (Lipinski definition) is 3. The van der Waals surface area contributed by atoms with E-state index < -0.39 is 5.82 Å². The highest BCUT2D eigenvalue weighted by Gasteiger charge is 2.07. The fraction of sp³-hybridized carbons (Fsp3) is 0.364. The van der Waals surface area contributed by atoms with Crippen molar-refractivity contribution >= 4 is 39.3 Å². The van der Waals surface area contributed by atoms with Crippen LogP contribution in [0.4, 0.5) is 10.1 Å². The first kappa shape index (κ1) is 14.5. The number of aliphatic hydroxyl groups is 1. The second-order valence-corrected chi connectivity index (χ2v) is 5.32. The summed E-state index contributed by atoms with van der Waals surface area (Å²) >= 11 is 4.55. The van der Waals surface area contributed by atoms with Crippen LogP contribution in [0.15, 0.2) is 22.7 Å². The molecule has 0 unspecified atom stereocenters. The smallest absolute Gasteiger partial charge is 0.234 e. The molecule has 0 saturated heterocycles. The molecule has 0 aliphatic rings. The molecule has 1 aromatic carbocycles. The molecule has 1 rings (SSSR count). The van der Waals surface area contributed by atoms with Crippen LogP contribution in [-0.2, 0) is 4.79 Å². The fourth-order valence-electron chi connectivity index (χ4n) is 1.11. The van der Waals surface area contributed by atoms with E-state index in [-0.39, 0.29) is 24.0 Å². The summed E-state index contributed by atoms with van der Waals surface area (Å²) in [5, 5.41) is 11.1. The van der Waals surface area contributed by atoms with Crippen LogP contribution in [0.25, 0.3) is 0 Å². The van der Waals surface area contributed by atoms with Gasteiger partial charge in [0.1, 0.15) is 5.82 Å². The Morgan fingerprint density at radius 2 is 2.29 bits per heavy atom. The molecule has 0 aromatic heterocycles. The van der Waals surface area contributed by atoms with Crippen molar-refractivity contribution in [3.05, 3.63) is 28.5 Å². The van der Waals surface area contributed by atoms with Gasteiger partial charge >= 0.3 is 0 Å². The number of carbonyl (C=O) groups is 1. The highest BCUT2D eigenvalue weighted by atomic mass is 79.9. The molecule has 17 heavy (non-hydrogen) atoms. The SMILES string of the molecule is O=C(CSCCCO)Nc1ccc(Br)cc1F. The van der Waals surface area contributed by atoms with Gasteiger partial charge in [0.2, 0.25) is 5.91 Å². The molecular formula is C11H13BrFNO2S. The number of thioether (sulfide) groups is 1. The average Bonchev–Trinajstić information content (AvgIpc) is 2.28. The molecule has 0 atom stereocenters. The lowest BCUT2D eigenvalue weighted by atomic mass is 10.3. The van der Waals surface area contributed by atoms with Gasteiger partial charge in [-0.2, -0.15) is 11.8 Å². The molecule has 94 valence electrons. The number of rotatable bonds is 6. The lowest BCUT2D eigenvalue weighted by Crippen LogP contribution is -2.15. The van der Waals surface area contributed by atoms with E-state index in [1.165, 1.54) is 23.9 Å². The minimum absolute atomic E-state index is 0.121. The normalized spacial score (nSPS) is 10.3. The number of halogens is 2. The van der Waals surface area contributed by atoms with Crippen LogP contribution in [-0.4, -0.2) is 29.1 Å². The van der Waals surface area contributed by atoms with Gasteiger partial charge in [-0.25, -0.2) is 4.39 Å². The monoisotopic (exact) mass is 321 g/mol. The lowest BCUT2D eigenvalue weighted by molar-refractivity contribution is -0.113. The Morgan fingerprint density at radius 1 is 1.53 bits per heavy atom. The third-order valence-corrected chi connectivity index (χ3v) is 3.42. The second kappa shape index (κ2) is 7.68. The van der Waals surface area contributed by atoms with Crippen LogP contribution in [0.2, 0.25) is 0 Å². The Kier molecular flexibility index (Phi) is 6.54. The highest BCUT2D eigenvalue weighted by Crippen LogP contribution is 2.19. The molecule has 6 heteroatoms. The van der Waals surface area contributed by atoms with Gasteiger partial charge < -0.3 is 10.4 Å². The van der Waals surface area contributed by atoms with Crippen molar-refractivity contribution in [1.82, 2.24) is 0 Å². The van der Waals surface area contributed by atoms with Gasteiger partial charge in [0.15, 0.2) is 0 Å². The minimum Gasteiger partial charge on any atom is -0.396 e. The number of carbonyl (C=O) groups excluding carboxylic acids is 1. The molecule has 0 heterocycles. The molecule has 0 fully saturated rings.